The third-order valence-electron chi connectivity index (χ3n) is 2.49. The lowest BCUT2D eigenvalue weighted by Crippen LogP contribution is -2.27. The maximum Gasteiger partial charge on any atom is 0.472 e. The Balaban J connectivity index is 4.50. The van der Waals surface area contributed by atoms with E-state index in [0.29, 0.717) is 0 Å². The van der Waals surface area contributed by atoms with Crippen molar-refractivity contribution in [3.05, 3.63) is 24.5 Å². The van der Waals surface area contributed by atoms with Gasteiger partial charge in [0.15, 0.2) is 6.10 Å². The summed E-state index contributed by atoms with van der Waals surface area (Å²) in [6, 6.07) is 0. The summed E-state index contributed by atoms with van der Waals surface area (Å²) >= 11 is 0. The van der Waals surface area contributed by atoms with Gasteiger partial charge in [-0.3, -0.25) is 13.8 Å². The second-order valence-electron chi connectivity index (χ2n) is 4.70. The number of esters is 1. The quantitative estimate of drug-likeness (QED) is 0.208. The molecular weight excluding hydrogens is 337 g/mol. The molecule has 8 nitrogen and oxygen atoms in total. The van der Waals surface area contributed by atoms with Crippen LogP contribution in [0.15, 0.2) is 24.5 Å². The highest BCUT2D eigenvalue weighted by Crippen LogP contribution is 2.42. The number of rotatable bonds is 14. The van der Waals surface area contributed by atoms with Crippen LogP contribution in [0.5, 0.6) is 0 Å². The first kappa shape index (κ1) is 22.8. The van der Waals surface area contributed by atoms with E-state index in [1.165, 1.54) is 6.26 Å². The largest absolute Gasteiger partial charge is 0.498 e. The highest BCUT2D eigenvalue weighted by molar-refractivity contribution is 7.47. The van der Waals surface area contributed by atoms with Crippen LogP contribution in [0.2, 0.25) is 0 Å². The van der Waals surface area contributed by atoms with Gasteiger partial charge in [0.1, 0.15) is 6.61 Å². The van der Waals surface area contributed by atoms with E-state index in [-0.39, 0.29) is 32.8 Å². The van der Waals surface area contributed by atoms with E-state index < -0.39 is 19.9 Å². The summed E-state index contributed by atoms with van der Waals surface area (Å²) in [5.41, 5.74) is 5.19. The van der Waals surface area contributed by atoms with Gasteiger partial charge in [-0.1, -0.05) is 32.1 Å². The van der Waals surface area contributed by atoms with Crippen LogP contribution in [-0.4, -0.2) is 43.3 Å². The first-order valence-corrected chi connectivity index (χ1v) is 9.37. The lowest BCUT2D eigenvalue weighted by molar-refractivity contribution is -0.152. The minimum Gasteiger partial charge on any atom is -0.498 e. The van der Waals surface area contributed by atoms with E-state index in [4.69, 9.17) is 19.7 Å². The normalized spacial score (nSPS) is 15.5. The van der Waals surface area contributed by atoms with Crippen molar-refractivity contribution < 1.29 is 32.8 Å². The predicted molar refractivity (Wildman–Crippen MR) is 90.1 cm³/mol. The maximum absolute atomic E-state index is 11.7. The zero-order valence-electron chi connectivity index (χ0n) is 14.3. The summed E-state index contributed by atoms with van der Waals surface area (Å²) in [5.74, 6) is -0.480. The Bertz CT molecular complexity index is 440. The Morgan fingerprint density at radius 1 is 1.17 bits per heavy atom. The maximum atomic E-state index is 11.7. The van der Waals surface area contributed by atoms with E-state index in [0.717, 1.165) is 12.8 Å². The Kier molecular flexibility index (Phi) is 13.5. The fourth-order valence-corrected chi connectivity index (χ4v) is 2.17. The molecule has 0 aromatic rings. The summed E-state index contributed by atoms with van der Waals surface area (Å²) in [6.45, 7) is 3.53. The van der Waals surface area contributed by atoms with Crippen LogP contribution in [0.25, 0.3) is 0 Å². The fraction of sp³-hybridized carbons (Fsp3) is 0.667. The van der Waals surface area contributed by atoms with Crippen molar-refractivity contribution in [3.63, 3.8) is 0 Å². The van der Waals surface area contributed by atoms with Gasteiger partial charge in [0, 0.05) is 6.54 Å². The third-order valence-corrected chi connectivity index (χ3v) is 3.48. The average molecular weight is 365 g/mol. The lowest BCUT2D eigenvalue weighted by Gasteiger charge is -2.19. The molecule has 0 bridgehead atoms. The highest BCUT2D eigenvalue weighted by atomic mass is 31.2. The van der Waals surface area contributed by atoms with Gasteiger partial charge in [-0.05, 0) is 12.8 Å². The van der Waals surface area contributed by atoms with Crippen LogP contribution >= 0.6 is 7.82 Å². The molecule has 2 atom stereocenters. The average Bonchev–Trinajstić information content (AvgIpc) is 2.55. The first-order valence-electron chi connectivity index (χ1n) is 7.88. The Hall–Kier alpha value is -1.18. The van der Waals surface area contributed by atoms with Gasteiger partial charge in [-0.15, -0.1) is 0 Å². The monoisotopic (exact) mass is 365 g/mol. The van der Waals surface area contributed by atoms with Crippen LogP contribution in [-0.2, 0) is 27.9 Å². The minimum absolute atomic E-state index is 0.00335. The molecule has 9 heteroatoms. The van der Waals surface area contributed by atoms with Gasteiger partial charge in [-0.2, -0.15) is 0 Å². The molecule has 0 saturated heterocycles. The molecule has 0 aromatic carbocycles. The number of ether oxygens (including phenoxy) is 2. The van der Waals surface area contributed by atoms with Gasteiger partial charge >= 0.3 is 13.8 Å². The molecule has 0 aliphatic carbocycles. The van der Waals surface area contributed by atoms with Crippen molar-refractivity contribution in [1.82, 2.24) is 0 Å². The van der Waals surface area contributed by atoms with Crippen LogP contribution in [0.1, 0.15) is 33.1 Å². The van der Waals surface area contributed by atoms with Crippen molar-refractivity contribution in [2.75, 3.05) is 26.4 Å². The van der Waals surface area contributed by atoms with E-state index in [9.17, 15) is 14.3 Å². The lowest BCUT2D eigenvalue weighted by atomic mass is 10.3. The Labute approximate surface area is 143 Å². The molecule has 0 radical (unpaired) electrons. The molecule has 0 aliphatic heterocycles. The number of phosphoric acid groups is 1. The number of carbonyl (C=O) groups excluding carboxylic acids is 1. The van der Waals surface area contributed by atoms with E-state index in [1.54, 1.807) is 12.2 Å². The molecule has 0 rings (SSSR count). The minimum atomic E-state index is -4.24. The first-order chi connectivity index (χ1) is 11.4. The predicted octanol–water partition coefficient (Wildman–Crippen LogP) is 2.29. The van der Waals surface area contributed by atoms with Crippen molar-refractivity contribution in [3.8, 4) is 0 Å². The van der Waals surface area contributed by atoms with Crippen molar-refractivity contribution in [2.45, 2.75) is 39.2 Å². The molecule has 0 aromatic heterocycles. The van der Waals surface area contributed by atoms with Gasteiger partial charge in [-0.25, -0.2) is 4.57 Å². The number of hydrogen-bond acceptors (Lipinski definition) is 7. The van der Waals surface area contributed by atoms with Gasteiger partial charge in [0.25, 0.3) is 0 Å². The fourth-order valence-electron chi connectivity index (χ4n) is 1.41. The van der Waals surface area contributed by atoms with E-state index >= 15 is 0 Å². The topological polar surface area (TPSA) is 117 Å². The van der Waals surface area contributed by atoms with Gasteiger partial charge < -0.3 is 20.1 Å². The van der Waals surface area contributed by atoms with Gasteiger partial charge in [0.2, 0.25) is 0 Å². The molecule has 24 heavy (non-hydrogen) atoms. The van der Waals surface area contributed by atoms with E-state index in [1.807, 2.05) is 19.9 Å². The molecule has 140 valence electrons. The molecular formula is C15H28NO7P. The second kappa shape index (κ2) is 14.2. The third kappa shape index (κ3) is 13.3. The van der Waals surface area contributed by atoms with Crippen molar-refractivity contribution in [1.29, 1.82) is 0 Å². The van der Waals surface area contributed by atoms with Crippen LogP contribution < -0.4 is 5.73 Å². The number of phosphoric ester groups is 1. The number of hydrogen-bond donors (Lipinski definition) is 2. The molecule has 2 unspecified atom stereocenters. The Morgan fingerprint density at radius 3 is 2.50 bits per heavy atom. The molecule has 0 spiro atoms. The smallest absolute Gasteiger partial charge is 0.472 e. The summed E-state index contributed by atoms with van der Waals surface area (Å²) in [5, 5.41) is 0. The zero-order chi connectivity index (χ0) is 18.3. The second-order valence-corrected chi connectivity index (χ2v) is 6.15. The molecule has 3 N–H and O–H groups in total. The summed E-state index contributed by atoms with van der Waals surface area (Å²) < 4.78 is 31.4. The standard InChI is InChI=1S/C15H28NO7P/c1-3-5-7-8-15(17)23-14(12-20-10-6-4-2)13-22-24(18,19)21-11-9-16/h5-7,10,14H,3-4,8-9,11-13,16H2,1-2H3,(H,18,19). The molecule has 0 fully saturated rings. The van der Waals surface area contributed by atoms with Crippen LogP contribution in [0.3, 0.4) is 0 Å². The number of carbonyl (C=O) groups is 1. The molecule has 0 saturated carbocycles. The van der Waals surface area contributed by atoms with Crippen molar-refractivity contribution >= 4 is 13.8 Å². The summed E-state index contributed by atoms with van der Waals surface area (Å²) in [7, 11) is -4.24. The SMILES string of the molecule is CCC=CCC(=O)OC(COC=CCC)COP(=O)(O)OCCN. The molecule has 0 heterocycles. The van der Waals surface area contributed by atoms with E-state index in [2.05, 4.69) is 4.52 Å². The molecule has 0 aliphatic rings. The zero-order valence-corrected chi connectivity index (χ0v) is 15.2. The molecule has 0 amide bonds. The Morgan fingerprint density at radius 2 is 1.88 bits per heavy atom. The number of nitrogens with two attached hydrogens (primary N) is 1. The van der Waals surface area contributed by atoms with Crippen LogP contribution in [0, 0.1) is 0 Å². The number of allylic oxidation sites excluding steroid dienone is 2. The van der Waals surface area contributed by atoms with Gasteiger partial charge in [0.05, 0.1) is 25.9 Å². The van der Waals surface area contributed by atoms with Crippen molar-refractivity contribution in [2.24, 2.45) is 5.73 Å². The summed E-state index contributed by atoms with van der Waals surface area (Å²) in [4.78, 5) is 21.2. The van der Waals surface area contributed by atoms with Crippen LogP contribution in [0.4, 0.5) is 0 Å². The highest BCUT2D eigenvalue weighted by Gasteiger charge is 2.24. The summed E-state index contributed by atoms with van der Waals surface area (Å²) in [6.07, 6.45) is 7.67.